The molecule has 0 saturated heterocycles. The number of hydrogen-bond acceptors (Lipinski definition) is 10. The number of aromatic nitrogens is 2. The Morgan fingerprint density at radius 3 is 2.45 bits per heavy atom. The zero-order valence-electron chi connectivity index (χ0n) is 23.5. The number of amides is 1. The fraction of sp³-hybridized carbons (Fsp3) is 0.100. The summed E-state index contributed by atoms with van der Waals surface area (Å²) in [6.07, 6.45) is 3.57. The van der Waals surface area contributed by atoms with Crippen LogP contribution in [-0.4, -0.2) is 42.0 Å². The maximum absolute atomic E-state index is 12.3. The van der Waals surface area contributed by atoms with Gasteiger partial charge in [-0.2, -0.15) is 0 Å². The molecule has 0 aliphatic heterocycles. The number of carbonyl (C=O) groups is 1. The molecule has 3 aromatic carbocycles. The summed E-state index contributed by atoms with van der Waals surface area (Å²) < 4.78 is 41.6. The minimum atomic E-state index is -4.78. The van der Waals surface area contributed by atoms with Crippen LogP contribution in [0.5, 0.6) is 5.75 Å². The molecule has 2 heterocycles. The quantitative estimate of drug-likeness (QED) is 0.0587. The van der Waals surface area contributed by atoms with Crippen molar-refractivity contribution in [1.29, 1.82) is 0 Å². The number of nitrogen functional groups attached to an aromatic ring is 1. The first kappa shape index (κ1) is 33.0. The van der Waals surface area contributed by atoms with Gasteiger partial charge in [-0.15, -0.1) is 10.2 Å². The van der Waals surface area contributed by atoms with E-state index in [4.69, 9.17) is 22.1 Å². The Balaban J connectivity index is 0.00000442. The number of anilines is 1. The summed E-state index contributed by atoms with van der Waals surface area (Å²) in [5.41, 5.74) is 8.52. The van der Waals surface area contributed by atoms with Gasteiger partial charge in [0, 0.05) is 29.1 Å². The molecule has 0 aliphatic rings. The maximum atomic E-state index is 12.3. The third kappa shape index (κ3) is 7.78. The average Bonchev–Trinajstić information content (AvgIpc) is 3.01. The predicted octanol–water partition coefficient (Wildman–Crippen LogP) is 3.05. The molecule has 0 spiro atoms. The first-order valence-corrected chi connectivity index (χ1v) is 14.8. The number of benzene rings is 3. The molecule has 0 aliphatic carbocycles. The number of ether oxygens (including phenoxy) is 1. The first-order chi connectivity index (χ1) is 20.7. The van der Waals surface area contributed by atoms with E-state index in [1.54, 1.807) is 42.5 Å². The van der Waals surface area contributed by atoms with E-state index in [-0.39, 0.29) is 57.4 Å². The van der Waals surface area contributed by atoms with Gasteiger partial charge >= 0.3 is 29.6 Å². The largest absolute Gasteiger partial charge is 1.00 e. The Morgan fingerprint density at radius 1 is 0.977 bits per heavy atom. The van der Waals surface area contributed by atoms with E-state index in [2.05, 4.69) is 25.5 Å². The van der Waals surface area contributed by atoms with Gasteiger partial charge in [0.15, 0.2) is 0 Å². The number of fused-ring (bicyclic) bond motifs is 1. The number of pyridine rings is 2. The number of nitrogens with zero attached hydrogens (tertiary/aromatic N) is 4. The van der Waals surface area contributed by atoms with Crippen LogP contribution in [0.2, 0.25) is 5.15 Å². The van der Waals surface area contributed by atoms with E-state index < -0.39 is 15.0 Å². The number of nitrogens with two attached hydrogens (primary N) is 1. The molecule has 0 fully saturated rings. The van der Waals surface area contributed by atoms with Crippen molar-refractivity contribution in [2.75, 3.05) is 18.9 Å². The van der Waals surface area contributed by atoms with Crippen LogP contribution in [0, 0.1) is 0 Å². The van der Waals surface area contributed by atoms with Crippen molar-refractivity contribution in [3.05, 3.63) is 102 Å². The van der Waals surface area contributed by atoms with Gasteiger partial charge in [0.1, 0.15) is 32.4 Å². The molecule has 11 nitrogen and oxygen atoms in total. The van der Waals surface area contributed by atoms with Crippen molar-refractivity contribution in [3.63, 3.8) is 0 Å². The van der Waals surface area contributed by atoms with Crippen molar-refractivity contribution in [3.8, 4) is 17.0 Å². The summed E-state index contributed by atoms with van der Waals surface area (Å²) in [6, 6.07) is 21.6. The zero-order valence-corrected chi connectivity index (χ0v) is 27.0. The van der Waals surface area contributed by atoms with Crippen molar-refractivity contribution in [1.82, 2.24) is 15.3 Å². The van der Waals surface area contributed by atoms with Crippen LogP contribution in [-0.2, 0) is 10.1 Å². The molecule has 14 heteroatoms. The van der Waals surface area contributed by atoms with Crippen LogP contribution in [0.15, 0.2) is 106 Å². The number of carbonyl (C=O) groups excluding carboxylic acids is 1. The average molecular weight is 639 g/mol. The third-order valence-corrected chi connectivity index (χ3v) is 7.53. The summed E-state index contributed by atoms with van der Waals surface area (Å²) in [5, 5.41) is 11.8. The second-order valence-electron chi connectivity index (χ2n) is 9.20. The van der Waals surface area contributed by atoms with Crippen LogP contribution in [0.1, 0.15) is 16.8 Å². The van der Waals surface area contributed by atoms with Crippen LogP contribution in [0.25, 0.3) is 22.0 Å². The second-order valence-corrected chi connectivity index (χ2v) is 10.9. The fourth-order valence-electron chi connectivity index (χ4n) is 4.27. The molecular formula is C30H24ClN6NaO5S. The molecule has 44 heavy (non-hydrogen) atoms. The minimum absolute atomic E-state index is 0. The van der Waals surface area contributed by atoms with Crippen molar-refractivity contribution in [2.24, 2.45) is 10.2 Å². The van der Waals surface area contributed by atoms with Crippen LogP contribution >= 0.6 is 11.6 Å². The summed E-state index contributed by atoms with van der Waals surface area (Å²) in [7, 11) is -4.78. The molecule has 0 radical (unpaired) electrons. The molecule has 0 saturated carbocycles. The predicted molar refractivity (Wildman–Crippen MR) is 162 cm³/mol. The van der Waals surface area contributed by atoms with E-state index in [0.717, 1.165) is 11.6 Å². The molecule has 5 rings (SSSR count). The molecule has 0 atom stereocenters. The number of hydrogen-bond donors (Lipinski definition) is 2. The fourth-order valence-corrected chi connectivity index (χ4v) is 5.18. The smallest absolute Gasteiger partial charge is 0.744 e. The topological polar surface area (TPSA) is 172 Å². The number of rotatable bonds is 10. The third-order valence-electron chi connectivity index (χ3n) is 6.35. The molecule has 5 aromatic rings. The van der Waals surface area contributed by atoms with Crippen LogP contribution in [0.3, 0.4) is 0 Å². The standard InChI is InChI=1S/C30H25ClN6O5S.Na/c31-29-23(10-5-14-33-29)30(38)34-15-6-16-42-26-11-4-3-9-22(26)24-13-12-19(18-35-24)36-37-25-17-27(43(39,40)41)20-7-1-2-8-21(20)28(25)32;/h1-5,7-14,17-18H,6,15-16,32H2,(H,34,38)(H,39,40,41);/q;+1/p-1. The Labute approximate surface area is 280 Å². The summed E-state index contributed by atoms with van der Waals surface area (Å²) in [6.45, 7) is 0.729. The van der Waals surface area contributed by atoms with E-state index in [1.807, 2.05) is 24.3 Å². The van der Waals surface area contributed by atoms with Gasteiger partial charge < -0.3 is 20.3 Å². The number of nitrogens with one attached hydrogen (secondary N) is 1. The van der Waals surface area contributed by atoms with Gasteiger partial charge in [-0.05, 0) is 48.9 Å². The normalized spacial score (nSPS) is 11.3. The molecule has 3 N–H and O–H groups in total. The van der Waals surface area contributed by atoms with Crippen molar-refractivity contribution >= 4 is 55.5 Å². The molecular weight excluding hydrogens is 615 g/mol. The molecule has 1 amide bonds. The second kappa shape index (κ2) is 14.7. The number of para-hydroxylation sites is 1. The van der Waals surface area contributed by atoms with Gasteiger partial charge in [-0.1, -0.05) is 48.0 Å². The van der Waals surface area contributed by atoms with Crippen molar-refractivity contribution < 1.29 is 52.1 Å². The molecule has 218 valence electrons. The monoisotopic (exact) mass is 638 g/mol. The summed E-state index contributed by atoms with van der Waals surface area (Å²) >= 11 is 5.97. The SMILES string of the molecule is Nc1c(N=Nc2ccc(-c3ccccc3OCCCNC(=O)c3cccnc3Cl)nc2)cc(S(=O)(=O)[O-])c2ccccc12.[Na+]. The number of halogens is 1. The first-order valence-electron chi connectivity index (χ1n) is 13.0. The van der Waals surface area contributed by atoms with Crippen LogP contribution < -0.4 is 45.3 Å². The number of azo groups is 1. The van der Waals surface area contributed by atoms with Gasteiger partial charge in [0.2, 0.25) is 0 Å². The Hall–Kier alpha value is -3.91. The van der Waals surface area contributed by atoms with E-state index in [0.29, 0.717) is 47.7 Å². The van der Waals surface area contributed by atoms with E-state index >= 15 is 0 Å². The Bertz CT molecular complexity index is 1940. The minimum Gasteiger partial charge on any atom is -0.744 e. The van der Waals surface area contributed by atoms with Gasteiger partial charge in [-0.3, -0.25) is 9.78 Å². The van der Waals surface area contributed by atoms with Gasteiger partial charge in [0.25, 0.3) is 5.91 Å². The van der Waals surface area contributed by atoms with E-state index in [9.17, 15) is 17.8 Å². The Kier molecular flexibility index (Phi) is 11.0. The van der Waals surface area contributed by atoms with Gasteiger partial charge in [-0.25, -0.2) is 13.4 Å². The van der Waals surface area contributed by atoms with Crippen LogP contribution in [0.4, 0.5) is 17.1 Å². The maximum Gasteiger partial charge on any atom is 1.00 e. The molecule has 0 bridgehead atoms. The summed E-state index contributed by atoms with van der Waals surface area (Å²) in [5.74, 6) is 0.306. The van der Waals surface area contributed by atoms with Crippen molar-refractivity contribution in [2.45, 2.75) is 11.3 Å². The zero-order chi connectivity index (χ0) is 30.4. The van der Waals surface area contributed by atoms with E-state index in [1.165, 1.54) is 18.5 Å². The molecule has 0 unspecified atom stereocenters. The summed E-state index contributed by atoms with van der Waals surface area (Å²) in [4.78, 5) is 20.2. The van der Waals surface area contributed by atoms with Gasteiger partial charge in [0.05, 0.1) is 34.6 Å². The molecule has 2 aromatic heterocycles. The Morgan fingerprint density at radius 2 is 1.73 bits per heavy atom.